The van der Waals surface area contributed by atoms with E-state index in [9.17, 15) is 9.59 Å². The predicted molar refractivity (Wildman–Crippen MR) is 72.4 cm³/mol. The molecule has 2 heterocycles. The Bertz CT molecular complexity index is 678. The van der Waals surface area contributed by atoms with Crippen LogP contribution in [0.25, 0.3) is 11.0 Å². The van der Waals surface area contributed by atoms with Gasteiger partial charge in [-0.25, -0.2) is 4.98 Å². The fraction of sp³-hybridized carbons (Fsp3) is 0.385. The van der Waals surface area contributed by atoms with E-state index < -0.39 is 12.0 Å². The molecule has 0 radical (unpaired) electrons. The number of fused-ring (bicyclic) bond motifs is 1. The second-order valence-corrected chi connectivity index (χ2v) is 4.78. The first-order valence-electron chi connectivity index (χ1n) is 6.20. The number of pyridine rings is 1. The molecule has 0 spiro atoms. The van der Waals surface area contributed by atoms with Gasteiger partial charge in [0.25, 0.3) is 5.91 Å². The summed E-state index contributed by atoms with van der Waals surface area (Å²) in [6, 6.07) is 1.28. The van der Waals surface area contributed by atoms with Crippen molar-refractivity contribution < 1.29 is 14.7 Å². The van der Waals surface area contributed by atoms with E-state index in [1.54, 1.807) is 24.7 Å². The monoisotopic (exact) mass is 276 g/mol. The molecule has 1 atom stereocenters. The number of rotatable bonds is 4. The van der Waals surface area contributed by atoms with Gasteiger partial charge in [0.15, 0.2) is 5.65 Å². The van der Waals surface area contributed by atoms with Gasteiger partial charge >= 0.3 is 5.97 Å². The Morgan fingerprint density at radius 3 is 2.85 bits per heavy atom. The maximum Gasteiger partial charge on any atom is 0.305 e. The van der Waals surface area contributed by atoms with Gasteiger partial charge in [-0.3, -0.25) is 14.3 Å². The number of nitrogens with zero attached hydrogens (tertiary/aromatic N) is 3. The van der Waals surface area contributed by atoms with E-state index in [0.717, 1.165) is 11.1 Å². The molecule has 0 aliphatic carbocycles. The van der Waals surface area contributed by atoms with E-state index in [-0.39, 0.29) is 12.3 Å². The molecule has 0 saturated heterocycles. The van der Waals surface area contributed by atoms with Gasteiger partial charge in [0, 0.05) is 24.7 Å². The van der Waals surface area contributed by atoms with Crippen LogP contribution in [-0.4, -0.2) is 37.8 Å². The maximum absolute atomic E-state index is 12.0. The Kier molecular flexibility index (Phi) is 3.69. The van der Waals surface area contributed by atoms with Gasteiger partial charge in [0.1, 0.15) is 0 Å². The zero-order valence-electron chi connectivity index (χ0n) is 11.5. The SMILES string of the molecule is Cc1nn(C)c2ncc(C(=O)NC(C)CC(=O)O)cc12. The number of aromatic nitrogens is 3. The van der Waals surface area contributed by atoms with Gasteiger partial charge in [-0.15, -0.1) is 0 Å². The molecule has 20 heavy (non-hydrogen) atoms. The largest absolute Gasteiger partial charge is 0.481 e. The normalized spacial score (nSPS) is 12.3. The molecule has 0 aliphatic heterocycles. The van der Waals surface area contributed by atoms with Crippen molar-refractivity contribution in [3.05, 3.63) is 23.5 Å². The summed E-state index contributed by atoms with van der Waals surface area (Å²) >= 11 is 0. The number of carboxylic acids is 1. The van der Waals surface area contributed by atoms with Crippen LogP contribution in [0.1, 0.15) is 29.4 Å². The van der Waals surface area contributed by atoms with Gasteiger partial charge in [-0.1, -0.05) is 0 Å². The van der Waals surface area contributed by atoms with Crippen LogP contribution in [0.3, 0.4) is 0 Å². The van der Waals surface area contributed by atoms with Gasteiger partial charge in [0.05, 0.1) is 17.7 Å². The highest BCUT2D eigenvalue weighted by atomic mass is 16.4. The van der Waals surface area contributed by atoms with Crippen LogP contribution in [0.2, 0.25) is 0 Å². The number of amides is 1. The highest BCUT2D eigenvalue weighted by molar-refractivity contribution is 5.97. The van der Waals surface area contributed by atoms with Gasteiger partial charge in [0.2, 0.25) is 0 Å². The molecular formula is C13H16N4O3. The van der Waals surface area contributed by atoms with Crippen molar-refractivity contribution in [1.29, 1.82) is 0 Å². The number of hydrogen-bond acceptors (Lipinski definition) is 4. The van der Waals surface area contributed by atoms with E-state index in [1.807, 2.05) is 6.92 Å². The van der Waals surface area contributed by atoms with Crippen molar-refractivity contribution in [1.82, 2.24) is 20.1 Å². The number of aliphatic carboxylic acids is 1. The first-order chi connectivity index (χ1) is 9.38. The second-order valence-electron chi connectivity index (χ2n) is 4.78. The second kappa shape index (κ2) is 5.28. The number of nitrogens with one attached hydrogen (secondary N) is 1. The van der Waals surface area contributed by atoms with Crippen LogP contribution in [0.4, 0.5) is 0 Å². The number of carbonyl (C=O) groups is 2. The topological polar surface area (TPSA) is 97.1 Å². The van der Waals surface area contributed by atoms with Gasteiger partial charge < -0.3 is 10.4 Å². The summed E-state index contributed by atoms with van der Waals surface area (Å²) < 4.78 is 1.65. The van der Waals surface area contributed by atoms with Crippen molar-refractivity contribution >= 4 is 22.9 Å². The zero-order chi connectivity index (χ0) is 14.9. The fourth-order valence-electron chi connectivity index (χ4n) is 2.05. The Morgan fingerprint density at radius 2 is 2.20 bits per heavy atom. The summed E-state index contributed by atoms with van der Waals surface area (Å²) in [4.78, 5) is 26.8. The molecule has 7 nitrogen and oxygen atoms in total. The van der Waals surface area contributed by atoms with Crippen LogP contribution in [0.5, 0.6) is 0 Å². The third-order valence-electron chi connectivity index (χ3n) is 2.98. The Labute approximate surface area is 115 Å². The van der Waals surface area contributed by atoms with Crippen LogP contribution in [0, 0.1) is 6.92 Å². The number of hydrogen-bond donors (Lipinski definition) is 2. The van der Waals surface area contributed by atoms with Crippen molar-refractivity contribution in [3.63, 3.8) is 0 Å². The molecule has 0 aliphatic rings. The summed E-state index contributed by atoms with van der Waals surface area (Å²) in [6.45, 7) is 3.49. The lowest BCUT2D eigenvalue weighted by molar-refractivity contribution is -0.137. The molecule has 0 saturated carbocycles. The third kappa shape index (κ3) is 2.76. The van der Waals surface area contributed by atoms with Crippen LogP contribution >= 0.6 is 0 Å². The molecule has 0 fully saturated rings. The summed E-state index contributed by atoms with van der Waals surface area (Å²) in [5.74, 6) is -1.29. The smallest absolute Gasteiger partial charge is 0.305 e. The fourth-order valence-corrected chi connectivity index (χ4v) is 2.05. The standard InChI is InChI=1S/C13H16N4O3/c1-7(4-11(18)19)15-13(20)9-5-10-8(2)16-17(3)12(10)14-6-9/h5-7H,4H2,1-3H3,(H,15,20)(H,18,19). The van der Waals surface area contributed by atoms with Crippen LogP contribution in [0.15, 0.2) is 12.3 Å². The van der Waals surface area contributed by atoms with E-state index >= 15 is 0 Å². The lowest BCUT2D eigenvalue weighted by Crippen LogP contribution is -2.34. The van der Waals surface area contributed by atoms with E-state index in [0.29, 0.717) is 11.2 Å². The van der Waals surface area contributed by atoms with E-state index in [1.165, 1.54) is 6.20 Å². The molecule has 2 aromatic heterocycles. The van der Waals surface area contributed by atoms with Crippen molar-refractivity contribution in [3.8, 4) is 0 Å². The molecule has 7 heteroatoms. The number of aryl methyl sites for hydroxylation is 2. The van der Waals surface area contributed by atoms with E-state index in [4.69, 9.17) is 5.11 Å². The first kappa shape index (κ1) is 14.0. The summed E-state index contributed by atoms with van der Waals surface area (Å²) in [6.07, 6.45) is 1.35. The predicted octanol–water partition coefficient (Wildman–Crippen LogP) is 0.870. The number of carboxylic acid groups (broad SMARTS) is 1. The molecule has 1 unspecified atom stereocenters. The average Bonchev–Trinajstić information content (AvgIpc) is 2.63. The molecule has 2 aromatic rings. The molecule has 0 aromatic carbocycles. The van der Waals surface area contributed by atoms with Crippen molar-refractivity contribution in [2.45, 2.75) is 26.3 Å². The average molecular weight is 276 g/mol. The molecule has 0 bridgehead atoms. The van der Waals surface area contributed by atoms with Crippen LogP contribution in [-0.2, 0) is 11.8 Å². The minimum absolute atomic E-state index is 0.118. The Morgan fingerprint density at radius 1 is 1.50 bits per heavy atom. The van der Waals surface area contributed by atoms with Crippen molar-refractivity contribution in [2.24, 2.45) is 7.05 Å². The minimum Gasteiger partial charge on any atom is -0.481 e. The van der Waals surface area contributed by atoms with Crippen LogP contribution < -0.4 is 5.32 Å². The summed E-state index contributed by atoms with van der Waals surface area (Å²) in [7, 11) is 1.79. The molecule has 1 amide bonds. The summed E-state index contributed by atoms with van der Waals surface area (Å²) in [5.41, 5.74) is 1.90. The quantitative estimate of drug-likeness (QED) is 0.863. The summed E-state index contributed by atoms with van der Waals surface area (Å²) in [5, 5.41) is 16.4. The maximum atomic E-state index is 12.0. The molecular weight excluding hydrogens is 260 g/mol. The zero-order valence-corrected chi connectivity index (χ0v) is 11.5. The third-order valence-corrected chi connectivity index (χ3v) is 2.98. The molecule has 106 valence electrons. The number of carbonyl (C=O) groups excluding carboxylic acids is 1. The highest BCUT2D eigenvalue weighted by Crippen LogP contribution is 2.16. The Balaban J connectivity index is 2.22. The Hall–Kier alpha value is -2.44. The first-order valence-corrected chi connectivity index (χ1v) is 6.20. The molecule has 2 N–H and O–H groups in total. The highest BCUT2D eigenvalue weighted by Gasteiger charge is 2.15. The van der Waals surface area contributed by atoms with Gasteiger partial charge in [-0.2, -0.15) is 5.10 Å². The molecule has 2 rings (SSSR count). The lowest BCUT2D eigenvalue weighted by atomic mass is 10.1. The van der Waals surface area contributed by atoms with Crippen molar-refractivity contribution in [2.75, 3.05) is 0 Å². The lowest BCUT2D eigenvalue weighted by Gasteiger charge is -2.11. The van der Waals surface area contributed by atoms with Gasteiger partial charge in [-0.05, 0) is 19.9 Å². The van der Waals surface area contributed by atoms with E-state index in [2.05, 4.69) is 15.4 Å². The minimum atomic E-state index is -0.950.